The van der Waals surface area contributed by atoms with E-state index in [0.717, 1.165) is 12.0 Å². The molecule has 5 aliphatic carbocycles. The molecule has 2 aliphatic heterocycles. The van der Waals surface area contributed by atoms with Crippen molar-refractivity contribution >= 4 is 11.9 Å². The van der Waals surface area contributed by atoms with Crippen LogP contribution >= 0.6 is 0 Å². The molecule has 0 amide bonds. The molecule has 2 heterocycles. The van der Waals surface area contributed by atoms with Crippen LogP contribution in [0, 0.1) is 50.2 Å². The SMILES string of the molecule is C[C@]1(C(=O)O)CC[C@]2(C(=O)O)CC[C@]3(C)C(=CC[C@H]4[C@]5(C)C[C@H](O)[C@@H](O[C@H]6OC[C@H](O[C@H]7O[C@@H](CO)[C@H](O)[C@@H](O)[C@@H]7O)[C@@H](O)[C@H]6O)[C@@](C)(CO)[C@@H]5CC[C@]43C)[C@@H]2C1. The van der Waals surface area contributed by atoms with E-state index in [1.165, 1.54) is 0 Å². The van der Waals surface area contributed by atoms with Gasteiger partial charge in [0, 0.05) is 5.41 Å². The summed E-state index contributed by atoms with van der Waals surface area (Å²) in [7, 11) is 0. The first-order valence-electron chi connectivity index (χ1n) is 20.6. The van der Waals surface area contributed by atoms with Gasteiger partial charge in [-0.3, -0.25) is 9.59 Å². The van der Waals surface area contributed by atoms with Gasteiger partial charge in [-0.15, -0.1) is 0 Å². The number of fused-ring (bicyclic) bond motifs is 7. The summed E-state index contributed by atoms with van der Waals surface area (Å²) in [5.41, 5.74) is -3.31. The maximum Gasteiger partial charge on any atom is 0.310 e. The highest BCUT2D eigenvalue weighted by Gasteiger charge is 2.71. The van der Waals surface area contributed by atoms with Gasteiger partial charge >= 0.3 is 11.9 Å². The summed E-state index contributed by atoms with van der Waals surface area (Å²) >= 11 is 0. The van der Waals surface area contributed by atoms with Crippen molar-refractivity contribution in [3.05, 3.63) is 11.6 Å². The van der Waals surface area contributed by atoms with Crippen LogP contribution in [0.5, 0.6) is 0 Å². The minimum atomic E-state index is -1.74. The Morgan fingerprint density at radius 3 is 2.07 bits per heavy atom. The predicted octanol–water partition coefficient (Wildman–Crippen LogP) is 0.529. The lowest BCUT2D eigenvalue weighted by atomic mass is 9.33. The monoisotopic (exact) mass is 812 g/mol. The lowest BCUT2D eigenvalue weighted by Crippen LogP contribution is -2.69. The van der Waals surface area contributed by atoms with Gasteiger partial charge < -0.3 is 70.0 Å². The molecule has 4 saturated carbocycles. The molecule has 324 valence electrons. The van der Waals surface area contributed by atoms with E-state index in [1.807, 2.05) is 6.92 Å². The second kappa shape index (κ2) is 14.7. The van der Waals surface area contributed by atoms with Gasteiger partial charge in [-0.2, -0.15) is 0 Å². The van der Waals surface area contributed by atoms with Gasteiger partial charge in [0.05, 0.1) is 42.9 Å². The van der Waals surface area contributed by atoms with Gasteiger partial charge in [0.25, 0.3) is 0 Å². The summed E-state index contributed by atoms with van der Waals surface area (Å²) in [6.45, 7) is 8.87. The Bertz CT molecular complexity index is 1590. The van der Waals surface area contributed by atoms with Crippen molar-refractivity contribution in [1.29, 1.82) is 0 Å². The minimum absolute atomic E-state index is 0.0180. The molecule has 6 fully saturated rings. The highest BCUT2D eigenvalue weighted by molar-refractivity contribution is 5.79. The molecule has 0 aromatic carbocycles. The molecule has 7 aliphatic rings. The van der Waals surface area contributed by atoms with Gasteiger partial charge in [0.15, 0.2) is 12.6 Å². The summed E-state index contributed by atoms with van der Waals surface area (Å²) < 4.78 is 23.2. The van der Waals surface area contributed by atoms with E-state index >= 15 is 0 Å². The molecule has 10 N–H and O–H groups in total. The molecule has 2 saturated heterocycles. The van der Waals surface area contributed by atoms with E-state index in [0.29, 0.717) is 44.9 Å². The van der Waals surface area contributed by atoms with Crippen molar-refractivity contribution in [2.75, 3.05) is 19.8 Å². The van der Waals surface area contributed by atoms with Crippen molar-refractivity contribution in [1.82, 2.24) is 0 Å². The van der Waals surface area contributed by atoms with Crippen molar-refractivity contribution in [2.45, 2.75) is 160 Å². The molecule has 0 aromatic heterocycles. The predicted molar refractivity (Wildman–Crippen MR) is 197 cm³/mol. The third-order valence-corrected chi connectivity index (χ3v) is 17.3. The Kier molecular flexibility index (Phi) is 11.2. The van der Waals surface area contributed by atoms with Crippen LogP contribution < -0.4 is 0 Å². The zero-order chi connectivity index (χ0) is 41.8. The second-order valence-electron chi connectivity index (χ2n) is 19.9. The van der Waals surface area contributed by atoms with Gasteiger partial charge in [-0.1, -0.05) is 39.3 Å². The molecule has 0 spiro atoms. The maximum atomic E-state index is 13.1. The number of aliphatic hydroxyl groups is 8. The van der Waals surface area contributed by atoms with Crippen LogP contribution in [0.2, 0.25) is 0 Å². The number of aliphatic carboxylic acids is 2. The first-order valence-corrected chi connectivity index (χ1v) is 20.6. The van der Waals surface area contributed by atoms with E-state index in [4.69, 9.17) is 18.9 Å². The van der Waals surface area contributed by atoms with Crippen molar-refractivity contribution in [2.24, 2.45) is 50.2 Å². The fraction of sp³-hybridized carbons (Fsp3) is 0.902. The molecule has 57 heavy (non-hydrogen) atoms. The Balaban J connectivity index is 1.11. The standard InChI is InChI=1S/C41H64O16/c1-36(34(50)51)10-12-41(35(52)53)13-11-39(4)19(20(41)14-36)6-7-25-37(2)15-21(44)31(38(3,18-43)24(37)8-9-40(25,39)5)57-32-29(48)27(46)23(17-54-32)56-33-30(49)28(47)26(45)22(16-42)55-33/h6,20-33,42-49H,7-18H2,1-5H3,(H,50,51)(H,52,53)/t20-,21-,22-,23-,24+,25-,26-,27+,28+,29+,30-,31+,32+,33+,36-,37+,38-,39+,40+,41-/m0/s1. The molecule has 0 unspecified atom stereocenters. The van der Waals surface area contributed by atoms with Crippen LogP contribution in [0.4, 0.5) is 0 Å². The zero-order valence-electron chi connectivity index (χ0n) is 33.6. The lowest BCUT2D eigenvalue weighted by Gasteiger charge is -2.71. The third-order valence-electron chi connectivity index (χ3n) is 17.3. The average molecular weight is 813 g/mol. The molecule has 0 aromatic rings. The fourth-order valence-corrected chi connectivity index (χ4v) is 13.5. The number of carboxylic acid groups (broad SMARTS) is 2. The normalized spacial score (nSPS) is 55.0. The number of hydrogen-bond donors (Lipinski definition) is 10. The molecule has 20 atom stereocenters. The Labute approximate surface area is 332 Å². The van der Waals surface area contributed by atoms with Crippen LogP contribution in [0.25, 0.3) is 0 Å². The molecule has 7 rings (SSSR count). The van der Waals surface area contributed by atoms with E-state index in [-0.39, 0.29) is 36.9 Å². The third kappa shape index (κ3) is 6.21. The number of ether oxygens (including phenoxy) is 4. The molecular formula is C41H64O16. The molecule has 16 heteroatoms. The number of aliphatic hydroxyl groups excluding tert-OH is 8. The van der Waals surface area contributed by atoms with Crippen molar-refractivity contribution in [3.63, 3.8) is 0 Å². The van der Waals surface area contributed by atoms with Crippen molar-refractivity contribution in [3.8, 4) is 0 Å². The summed E-state index contributed by atoms with van der Waals surface area (Å²) in [5.74, 6) is -2.32. The summed E-state index contributed by atoms with van der Waals surface area (Å²) in [4.78, 5) is 25.6. The average Bonchev–Trinajstić information content (AvgIpc) is 3.16. The molecule has 0 bridgehead atoms. The van der Waals surface area contributed by atoms with Gasteiger partial charge in [0.1, 0.15) is 42.7 Å². The lowest BCUT2D eigenvalue weighted by molar-refractivity contribution is -0.357. The minimum Gasteiger partial charge on any atom is -0.481 e. The van der Waals surface area contributed by atoms with Crippen LogP contribution in [0.1, 0.15) is 92.4 Å². The Morgan fingerprint density at radius 2 is 1.44 bits per heavy atom. The van der Waals surface area contributed by atoms with E-state index in [1.54, 1.807) is 6.92 Å². The smallest absolute Gasteiger partial charge is 0.310 e. The number of carbonyl (C=O) groups is 2. The van der Waals surface area contributed by atoms with E-state index < -0.39 is 119 Å². The summed E-state index contributed by atoms with van der Waals surface area (Å²) in [5, 5.41) is 107. The number of carboxylic acids is 2. The number of hydrogen-bond acceptors (Lipinski definition) is 14. The summed E-state index contributed by atoms with van der Waals surface area (Å²) in [6.07, 6.45) is -9.62. The first-order chi connectivity index (χ1) is 26.6. The van der Waals surface area contributed by atoms with Crippen LogP contribution in [0.3, 0.4) is 0 Å². The van der Waals surface area contributed by atoms with Gasteiger partial charge in [-0.25, -0.2) is 0 Å². The summed E-state index contributed by atoms with van der Waals surface area (Å²) in [6, 6.07) is 0. The molecule has 0 radical (unpaired) electrons. The number of rotatable bonds is 8. The second-order valence-corrected chi connectivity index (χ2v) is 19.9. The zero-order valence-corrected chi connectivity index (χ0v) is 33.6. The fourth-order valence-electron chi connectivity index (χ4n) is 13.5. The highest BCUT2D eigenvalue weighted by atomic mass is 16.7. The topological polar surface area (TPSA) is 273 Å². The Hall–Kier alpha value is -1.80. The largest absolute Gasteiger partial charge is 0.481 e. The maximum absolute atomic E-state index is 13.1. The van der Waals surface area contributed by atoms with Crippen molar-refractivity contribution < 1.29 is 79.6 Å². The quantitative estimate of drug-likeness (QED) is 0.118. The van der Waals surface area contributed by atoms with Crippen LogP contribution in [-0.2, 0) is 28.5 Å². The van der Waals surface area contributed by atoms with E-state index in [2.05, 4.69) is 26.8 Å². The molecular weight excluding hydrogens is 748 g/mol. The van der Waals surface area contributed by atoms with Gasteiger partial charge in [0.2, 0.25) is 0 Å². The Morgan fingerprint density at radius 1 is 0.772 bits per heavy atom. The van der Waals surface area contributed by atoms with Crippen LogP contribution in [-0.4, -0.2) is 150 Å². The van der Waals surface area contributed by atoms with Gasteiger partial charge in [-0.05, 0) is 98.7 Å². The first kappa shape index (κ1) is 43.3. The van der Waals surface area contributed by atoms with E-state index in [9.17, 15) is 60.7 Å². The number of allylic oxidation sites excluding steroid dienone is 2. The van der Waals surface area contributed by atoms with Crippen LogP contribution in [0.15, 0.2) is 11.6 Å². The highest BCUT2D eigenvalue weighted by Crippen LogP contribution is 2.76. The molecule has 16 nitrogen and oxygen atoms in total.